The van der Waals surface area contributed by atoms with Crippen molar-refractivity contribution in [2.24, 2.45) is 0 Å². The number of alkyl halides is 1. The third-order valence-corrected chi connectivity index (χ3v) is 3.18. The van der Waals surface area contributed by atoms with Gasteiger partial charge in [-0.05, 0) is 18.1 Å². The van der Waals surface area contributed by atoms with Gasteiger partial charge in [-0.15, -0.1) is 11.6 Å². The number of rotatable bonds is 5. The topological polar surface area (TPSA) is 17.1 Å². The Hall–Kier alpha value is -1.67. The second-order valence-corrected chi connectivity index (χ2v) is 4.65. The van der Waals surface area contributed by atoms with E-state index in [1.54, 1.807) is 12.1 Å². The summed E-state index contributed by atoms with van der Waals surface area (Å²) >= 11 is 5.54. The first kappa shape index (κ1) is 13.8. The highest BCUT2D eigenvalue weighted by Crippen LogP contribution is 2.23. The van der Waals surface area contributed by atoms with Crippen LogP contribution in [0.4, 0.5) is 4.39 Å². The molecule has 0 radical (unpaired) electrons. The molecule has 0 heterocycles. The Balaban J connectivity index is 2.25. The van der Waals surface area contributed by atoms with Crippen molar-refractivity contribution in [1.82, 2.24) is 0 Å². The molecule has 2 rings (SSSR count). The molecule has 0 aliphatic rings. The Kier molecular flexibility index (Phi) is 4.69. The number of hydrogen-bond donors (Lipinski definition) is 0. The van der Waals surface area contributed by atoms with E-state index in [0.717, 1.165) is 5.56 Å². The second-order valence-electron chi connectivity index (χ2n) is 4.28. The van der Waals surface area contributed by atoms with Gasteiger partial charge in [0.05, 0.1) is 0 Å². The lowest BCUT2D eigenvalue weighted by Gasteiger charge is -2.06. The minimum Gasteiger partial charge on any atom is -0.294 e. The van der Waals surface area contributed by atoms with Crippen molar-refractivity contribution >= 4 is 17.4 Å². The van der Waals surface area contributed by atoms with Crippen molar-refractivity contribution in [1.29, 1.82) is 0 Å². The van der Waals surface area contributed by atoms with Crippen molar-refractivity contribution in [2.45, 2.75) is 12.8 Å². The highest BCUT2D eigenvalue weighted by molar-refractivity contribution is 6.18. The first-order chi connectivity index (χ1) is 9.22. The van der Waals surface area contributed by atoms with Crippen LogP contribution in [0, 0.1) is 5.82 Å². The Bertz CT molecular complexity index is 566. The Morgan fingerprint density at radius 1 is 1.11 bits per heavy atom. The smallest absolute Gasteiger partial charge is 0.163 e. The van der Waals surface area contributed by atoms with Gasteiger partial charge in [-0.2, -0.15) is 0 Å². The molecule has 0 unspecified atom stereocenters. The van der Waals surface area contributed by atoms with Gasteiger partial charge in [0.2, 0.25) is 0 Å². The molecular formula is C16H14ClFO. The first-order valence-corrected chi connectivity index (χ1v) is 6.70. The Morgan fingerprint density at radius 2 is 1.84 bits per heavy atom. The van der Waals surface area contributed by atoms with Crippen LogP contribution in [0.3, 0.4) is 0 Å². The summed E-state index contributed by atoms with van der Waals surface area (Å²) in [5.74, 6) is -0.00172. The van der Waals surface area contributed by atoms with Crippen LogP contribution < -0.4 is 0 Å². The number of ketones is 1. The molecule has 3 heteroatoms. The van der Waals surface area contributed by atoms with Gasteiger partial charge in [0, 0.05) is 23.4 Å². The quantitative estimate of drug-likeness (QED) is 0.572. The Labute approximate surface area is 117 Å². The van der Waals surface area contributed by atoms with Crippen LogP contribution in [-0.2, 0) is 0 Å². The lowest BCUT2D eigenvalue weighted by atomic mass is 10.0. The summed E-state index contributed by atoms with van der Waals surface area (Å²) in [6.45, 7) is 0. The lowest BCUT2D eigenvalue weighted by Crippen LogP contribution is -2.00. The summed E-state index contributed by atoms with van der Waals surface area (Å²) in [7, 11) is 0. The second kappa shape index (κ2) is 6.48. The number of Topliss-reactive ketones (excluding diaryl/α,β-unsaturated/α-hetero) is 1. The molecule has 0 N–H and O–H groups in total. The minimum absolute atomic E-state index is 0.0702. The summed E-state index contributed by atoms with van der Waals surface area (Å²) in [5.41, 5.74) is 1.72. The van der Waals surface area contributed by atoms with Crippen LogP contribution >= 0.6 is 11.6 Å². The lowest BCUT2D eigenvalue weighted by molar-refractivity contribution is 0.0981. The summed E-state index contributed by atoms with van der Waals surface area (Å²) in [6, 6.07) is 13.9. The van der Waals surface area contributed by atoms with Crippen LogP contribution in [0.15, 0.2) is 48.5 Å². The molecule has 0 aliphatic carbocycles. The monoisotopic (exact) mass is 276 g/mol. The highest BCUT2D eigenvalue weighted by atomic mass is 35.5. The molecule has 0 amide bonds. The average molecular weight is 277 g/mol. The zero-order chi connectivity index (χ0) is 13.7. The largest absolute Gasteiger partial charge is 0.294 e. The van der Waals surface area contributed by atoms with E-state index in [0.29, 0.717) is 29.8 Å². The van der Waals surface area contributed by atoms with E-state index in [1.165, 1.54) is 6.07 Å². The summed E-state index contributed by atoms with van der Waals surface area (Å²) < 4.78 is 14.0. The molecule has 2 aromatic carbocycles. The fourth-order valence-electron chi connectivity index (χ4n) is 1.91. The molecule has 2 aromatic rings. The van der Waals surface area contributed by atoms with Crippen molar-refractivity contribution < 1.29 is 9.18 Å². The number of benzene rings is 2. The van der Waals surface area contributed by atoms with Gasteiger partial charge in [0.15, 0.2) is 5.78 Å². The molecule has 1 nitrogen and oxygen atoms in total. The predicted octanol–water partition coefficient (Wildman–Crippen LogP) is 4.69. The normalized spacial score (nSPS) is 10.4. The standard InChI is InChI=1S/C16H14ClFO/c17-10-4-7-16(19)13-8-9-14(15(18)11-13)12-5-2-1-3-6-12/h1-3,5-6,8-9,11H,4,7,10H2. The van der Waals surface area contributed by atoms with Gasteiger partial charge in [-0.3, -0.25) is 4.79 Å². The van der Waals surface area contributed by atoms with Gasteiger partial charge < -0.3 is 0 Å². The minimum atomic E-state index is -0.372. The first-order valence-electron chi connectivity index (χ1n) is 6.16. The maximum atomic E-state index is 14.0. The van der Waals surface area contributed by atoms with Gasteiger partial charge in [-0.25, -0.2) is 4.39 Å². The number of carbonyl (C=O) groups excluding carboxylic acids is 1. The zero-order valence-corrected chi connectivity index (χ0v) is 11.2. The van der Waals surface area contributed by atoms with E-state index in [1.807, 2.05) is 30.3 Å². The van der Waals surface area contributed by atoms with Gasteiger partial charge in [-0.1, -0.05) is 42.5 Å². The number of hydrogen-bond acceptors (Lipinski definition) is 1. The van der Waals surface area contributed by atoms with Crippen LogP contribution in [0.5, 0.6) is 0 Å². The van der Waals surface area contributed by atoms with E-state index in [9.17, 15) is 9.18 Å². The van der Waals surface area contributed by atoms with Crippen molar-refractivity contribution in [3.05, 3.63) is 59.9 Å². The molecule has 98 valence electrons. The molecule has 0 atom stereocenters. The van der Waals surface area contributed by atoms with Crippen LogP contribution in [-0.4, -0.2) is 11.7 Å². The summed E-state index contributed by atoms with van der Waals surface area (Å²) in [6.07, 6.45) is 0.968. The van der Waals surface area contributed by atoms with Gasteiger partial charge >= 0.3 is 0 Å². The molecular weight excluding hydrogens is 263 g/mol. The maximum Gasteiger partial charge on any atom is 0.163 e. The fraction of sp³-hybridized carbons (Fsp3) is 0.188. The molecule has 0 aromatic heterocycles. The molecule has 19 heavy (non-hydrogen) atoms. The molecule has 0 bridgehead atoms. The van der Waals surface area contributed by atoms with E-state index < -0.39 is 0 Å². The van der Waals surface area contributed by atoms with Gasteiger partial charge in [0.1, 0.15) is 5.82 Å². The number of halogens is 2. The SMILES string of the molecule is O=C(CCCCl)c1ccc(-c2ccccc2)c(F)c1. The average Bonchev–Trinajstić information content (AvgIpc) is 2.45. The van der Waals surface area contributed by atoms with Crippen molar-refractivity contribution in [2.75, 3.05) is 5.88 Å². The summed E-state index contributed by atoms with van der Waals surface area (Å²) in [5, 5.41) is 0. The van der Waals surface area contributed by atoms with E-state index in [-0.39, 0.29) is 11.6 Å². The Morgan fingerprint density at radius 3 is 2.47 bits per heavy atom. The van der Waals surface area contributed by atoms with Crippen molar-refractivity contribution in [3.8, 4) is 11.1 Å². The van der Waals surface area contributed by atoms with E-state index in [2.05, 4.69) is 0 Å². The predicted molar refractivity (Wildman–Crippen MR) is 76.1 cm³/mol. The molecule has 0 saturated carbocycles. The highest BCUT2D eigenvalue weighted by Gasteiger charge is 2.10. The van der Waals surface area contributed by atoms with E-state index in [4.69, 9.17) is 11.6 Å². The van der Waals surface area contributed by atoms with Crippen LogP contribution in [0.2, 0.25) is 0 Å². The third kappa shape index (κ3) is 3.42. The molecule has 0 fully saturated rings. The molecule has 0 saturated heterocycles. The maximum absolute atomic E-state index is 14.0. The van der Waals surface area contributed by atoms with Crippen LogP contribution in [0.1, 0.15) is 23.2 Å². The zero-order valence-electron chi connectivity index (χ0n) is 10.4. The summed E-state index contributed by atoms with van der Waals surface area (Å²) in [4.78, 5) is 11.8. The van der Waals surface area contributed by atoms with Crippen LogP contribution in [0.25, 0.3) is 11.1 Å². The van der Waals surface area contributed by atoms with Gasteiger partial charge in [0.25, 0.3) is 0 Å². The van der Waals surface area contributed by atoms with Crippen molar-refractivity contribution in [3.63, 3.8) is 0 Å². The number of carbonyl (C=O) groups is 1. The fourth-order valence-corrected chi connectivity index (χ4v) is 2.05. The molecule has 0 aliphatic heterocycles. The molecule has 0 spiro atoms. The van der Waals surface area contributed by atoms with E-state index >= 15 is 0 Å². The third-order valence-electron chi connectivity index (χ3n) is 2.91.